The molecule has 2 saturated heterocycles. The Morgan fingerprint density at radius 3 is 2.87 bits per heavy atom. The van der Waals surface area contributed by atoms with Gasteiger partial charge in [-0.3, -0.25) is 9.69 Å². The van der Waals surface area contributed by atoms with E-state index in [2.05, 4.69) is 4.85 Å². The van der Waals surface area contributed by atoms with Gasteiger partial charge in [-0.15, -0.1) is 0 Å². The molecule has 0 radical (unpaired) electrons. The smallest absolute Gasteiger partial charge is 0.320 e. The summed E-state index contributed by atoms with van der Waals surface area (Å²) in [6, 6.07) is -0.626. The molecule has 1 amide bonds. The first-order chi connectivity index (χ1) is 6.96. The Hall–Kier alpha value is -1.12. The van der Waals surface area contributed by atoms with Gasteiger partial charge in [0, 0.05) is 0 Å². The van der Waals surface area contributed by atoms with Crippen LogP contribution in [0, 0.1) is 6.57 Å². The summed E-state index contributed by atoms with van der Waals surface area (Å²) in [6.45, 7) is 10.6. The Labute approximate surface area is 88.4 Å². The number of aliphatic hydroxyl groups is 1. The highest BCUT2D eigenvalue weighted by Crippen LogP contribution is 2.36. The molecular weight excluding hydrogens is 196 g/mol. The van der Waals surface area contributed by atoms with Gasteiger partial charge in [0.2, 0.25) is 0 Å². The van der Waals surface area contributed by atoms with E-state index in [1.165, 1.54) is 4.90 Å². The summed E-state index contributed by atoms with van der Waals surface area (Å²) in [5.41, 5.74) is -1.08. The van der Waals surface area contributed by atoms with Gasteiger partial charge in [-0.25, -0.2) is 6.57 Å². The quantitative estimate of drug-likeness (QED) is 0.489. The van der Waals surface area contributed by atoms with Crippen LogP contribution in [-0.4, -0.2) is 46.4 Å². The normalized spacial score (nSPS) is 35.5. The van der Waals surface area contributed by atoms with Gasteiger partial charge in [-0.05, 0) is 20.3 Å². The lowest BCUT2D eigenvalue weighted by Gasteiger charge is -2.51. The first-order valence-electron chi connectivity index (χ1n) is 4.99. The third-order valence-corrected chi connectivity index (χ3v) is 2.91. The fourth-order valence-electron chi connectivity index (χ4n) is 2.20. The van der Waals surface area contributed by atoms with Gasteiger partial charge in [0.25, 0.3) is 0 Å². The molecule has 0 bridgehead atoms. The summed E-state index contributed by atoms with van der Waals surface area (Å²) < 4.78 is 5.39. The number of carbonyl (C=O) groups is 1. The molecule has 5 heteroatoms. The molecule has 0 aromatic carbocycles. The number of hydrogen-bond acceptors (Lipinski definition) is 3. The zero-order valence-corrected chi connectivity index (χ0v) is 8.80. The van der Waals surface area contributed by atoms with Crippen molar-refractivity contribution in [3.05, 3.63) is 11.4 Å². The van der Waals surface area contributed by atoms with Crippen LogP contribution >= 0.6 is 0 Å². The molecule has 0 saturated carbocycles. The fourth-order valence-corrected chi connectivity index (χ4v) is 2.20. The van der Waals surface area contributed by atoms with E-state index >= 15 is 0 Å². The van der Waals surface area contributed by atoms with E-state index in [1.54, 1.807) is 13.8 Å². The van der Waals surface area contributed by atoms with Crippen LogP contribution in [-0.2, 0) is 9.53 Å². The van der Waals surface area contributed by atoms with Crippen LogP contribution in [0.15, 0.2) is 0 Å². The number of rotatable bonds is 1. The van der Waals surface area contributed by atoms with Crippen LogP contribution in [0.25, 0.3) is 4.85 Å². The number of amides is 1. The van der Waals surface area contributed by atoms with Gasteiger partial charge >= 0.3 is 11.9 Å². The zero-order valence-electron chi connectivity index (χ0n) is 8.80. The third-order valence-electron chi connectivity index (χ3n) is 2.91. The highest BCUT2D eigenvalue weighted by atomic mass is 16.5. The molecule has 2 fully saturated rings. The van der Waals surface area contributed by atoms with E-state index < -0.39 is 17.9 Å². The van der Waals surface area contributed by atoms with Gasteiger partial charge in [-0.2, -0.15) is 0 Å². The Bertz CT molecular complexity index is 329. The summed E-state index contributed by atoms with van der Waals surface area (Å²) in [7, 11) is 0. The van der Waals surface area contributed by atoms with E-state index in [4.69, 9.17) is 11.3 Å². The van der Waals surface area contributed by atoms with Crippen molar-refractivity contribution in [1.29, 1.82) is 0 Å². The minimum atomic E-state index is -1.08. The lowest BCUT2D eigenvalue weighted by atomic mass is 9.88. The number of β-lactam (4-membered cyclic amide) rings is 1. The lowest BCUT2D eigenvalue weighted by Crippen LogP contribution is -2.73. The average Bonchev–Trinajstić information content (AvgIpc) is 2.15. The standard InChI is InChI=1S/C10H14N2O3/c1-10(2,14)9-12-6(4-5-15-9)7(11-3)8(12)13/h6-7,9,14H,4-5H2,1-2H3. The maximum Gasteiger partial charge on any atom is 0.320 e. The summed E-state index contributed by atoms with van der Waals surface area (Å²) >= 11 is 0. The Balaban J connectivity index is 2.19. The molecule has 0 aliphatic carbocycles. The summed E-state index contributed by atoms with van der Waals surface area (Å²) in [6.07, 6.45) is 0.0764. The first kappa shape index (κ1) is 10.4. The van der Waals surface area contributed by atoms with Crippen molar-refractivity contribution in [3.8, 4) is 0 Å². The minimum Gasteiger partial charge on any atom is -0.386 e. The third kappa shape index (κ3) is 1.41. The number of carbonyl (C=O) groups excluding carboxylic acids is 1. The molecule has 0 aromatic rings. The first-order valence-corrected chi connectivity index (χ1v) is 4.99. The van der Waals surface area contributed by atoms with Crippen LogP contribution in [0.5, 0.6) is 0 Å². The molecular formula is C10H14N2O3. The maximum atomic E-state index is 11.6. The van der Waals surface area contributed by atoms with Gasteiger partial charge in [0.05, 0.1) is 6.61 Å². The second kappa shape index (κ2) is 3.19. The fraction of sp³-hybridized carbons (Fsp3) is 0.800. The van der Waals surface area contributed by atoms with E-state index in [1.807, 2.05) is 0 Å². The van der Waals surface area contributed by atoms with Crippen LogP contribution in [0.4, 0.5) is 0 Å². The van der Waals surface area contributed by atoms with Crippen molar-refractivity contribution in [3.63, 3.8) is 0 Å². The van der Waals surface area contributed by atoms with Crippen LogP contribution < -0.4 is 0 Å². The Kier molecular flexibility index (Phi) is 2.21. The minimum absolute atomic E-state index is 0.0693. The van der Waals surface area contributed by atoms with E-state index in [0.717, 1.165) is 0 Å². The van der Waals surface area contributed by atoms with Crippen molar-refractivity contribution in [2.45, 2.75) is 44.2 Å². The van der Waals surface area contributed by atoms with Gasteiger partial charge < -0.3 is 14.7 Å². The number of nitrogens with zero attached hydrogens (tertiary/aromatic N) is 2. The number of ether oxygens (including phenoxy) is 1. The van der Waals surface area contributed by atoms with Crippen molar-refractivity contribution in [1.82, 2.24) is 4.90 Å². The van der Waals surface area contributed by atoms with E-state index in [9.17, 15) is 9.90 Å². The molecule has 2 aliphatic rings. The second-order valence-corrected chi connectivity index (χ2v) is 4.55. The lowest BCUT2D eigenvalue weighted by molar-refractivity contribution is -0.227. The summed E-state index contributed by atoms with van der Waals surface area (Å²) in [5.74, 6) is -0.221. The monoisotopic (exact) mass is 210 g/mol. The summed E-state index contributed by atoms with van der Waals surface area (Å²) in [5, 5.41) is 9.84. The van der Waals surface area contributed by atoms with Gasteiger partial charge in [0.15, 0.2) is 6.23 Å². The molecule has 3 unspecified atom stereocenters. The Morgan fingerprint density at radius 1 is 1.67 bits per heavy atom. The van der Waals surface area contributed by atoms with E-state index in [0.29, 0.717) is 13.0 Å². The molecule has 2 heterocycles. The van der Waals surface area contributed by atoms with Crippen LogP contribution in [0.2, 0.25) is 0 Å². The van der Waals surface area contributed by atoms with Gasteiger partial charge in [-0.1, -0.05) is 0 Å². The van der Waals surface area contributed by atoms with Crippen molar-refractivity contribution >= 4 is 5.91 Å². The Morgan fingerprint density at radius 2 is 2.33 bits per heavy atom. The van der Waals surface area contributed by atoms with Gasteiger partial charge in [0.1, 0.15) is 11.6 Å². The van der Waals surface area contributed by atoms with Crippen molar-refractivity contribution < 1.29 is 14.6 Å². The second-order valence-electron chi connectivity index (χ2n) is 4.55. The molecule has 82 valence electrons. The molecule has 1 N–H and O–H groups in total. The topological polar surface area (TPSA) is 54.1 Å². The molecule has 2 aliphatic heterocycles. The SMILES string of the molecule is [C-]#[N+]C1C(=O)N2C1CCOC2C(C)(C)O. The predicted octanol–water partition coefficient (Wildman–Crippen LogP) is 0.00239. The van der Waals surface area contributed by atoms with Crippen molar-refractivity contribution in [2.24, 2.45) is 0 Å². The van der Waals surface area contributed by atoms with Crippen LogP contribution in [0.1, 0.15) is 20.3 Å². The van der Waals surface area contributed by atoms with E-state index in [-0.39, 0.29) is 11.9 Å². The van der Waals surface area contributed by atoms with Crippen molar-refractivity contribution in [2.75, 3.05) is 6.61 Å². The summed E-state index contributed by atoms with van der Waals surface area (Å²) in [4.78, 5) is 16.4. The predicted molar refractivity (Wildman–Crippen MR) is 51.7 cm³/mol. The van der Waals surface area contributed by atoms with Crippen LogP contribution in [0.3, 0.4) is 0 Å². The molecule has 0 spiro atoms. The number of fused-ring (bicyclic) bond motifs is 1. The number of hydrogen-bond donors (Lipinski definition) is 1. The largest absolute Gasteiger partial charge is 0.386 e. The zero-order chi connectivity index (χ0) is 11.2. The highest BCUT2D eigenvalue weighted by molar-refractivity contribution is 5.91. The average molecular weight is 210 g/mol. The molecule has 3 atom stereocenters. The maximum absolute atomic E-state index is 11.6. The molecule has 15 heavy (non-hydrogen) atoms. The molecule has 5 nitrogen and oxygen atoms in total. The molecule has 2 rings (SSSR count). The highest BCUT2D eigenvalue weighted by Gasteiger charge is 2.60. The molecule has 0 aromatic heterocycles.